The molecule has 0 saturated heterocycles. The van der Waals surface area contributed by atoms with E-state index >= 15 is 0 Å². The van der Waals surface area contributed by atoms with Crippen LogP contribution in [0.4, 0.5) is 0 Å². The Morgan fingerprint density at radius 2 is 1.61 bits per heavy atom. The number of rotatable bonds is 3. The molecule has 18 heavy (non-hydrogen) atoms. The lowest BCUT2D eigenvalue weighted by atomic mass is 9.71. The molecule has 2 rings (SSSR count). The average molecular weight is 242 g/mol. The lowest BCUT2D eigenvalue weighted by molar-refractivity contribution is 0.587. The predicted molar refractivity (Wildman–Crippen MR) is 80.5 cm³/mol. The third-order valence-corrected chi connectivity index (χ3v) is 5.31. The highest BCUT2D eigenvalue weighted by Crippen LogP contribution is 2.53. The summed E-state index contributed by atoms with van der Waals surface area (Å²) in [5, 5.41) is 0. The molecule has 0 N–H and O–H groups in total. The van der Waals surface area contributed by atoms with Gasteiger partial charge < -0.3 is 0 Å². The second-order valence-corrected chi connectivity index (χ2v) is 6.00. The van der Waals surface area contributed by atoms with E-state index < -0.39 is 0 Å². The summed E-state index contributed by atoms with van der Waals surface area (Å²) in [4.78, 5) is 0. The summed E-state index contributed by atoms with van der Waals surface area (Å²) in [6, 6.07) is 0. The monoisotopic (exact) mass is 242 g/mol. The van der Waals surface area contributed by atoms with Crippen molar-refractivity contribution in [1.29, 1.82) is 0 Å². The van der Waals surface area contributed by atoms with Crippen molar-refractivity contribution in [2.75, 3.05) is 0 Å². The molecule has 0 nitrogen and oxygen atoms in total. The first-order valence-electron chi connectivity index (χ1n) is 7.19. The van der Waals surface area contributed by atoms with Crippen molar-refractivity contribution in [3.8, 4) is 0 Å². The first kappa shape index (κ1) is 13.4. The summed E-state index contributed by atoms with van der Waals surface area (Å²) in [5.41, 5.74) is 9.49. The Labute approximate surface area is 112 Å². The van der Waals surface area contributed by atoms with Crippen LogP contribution in [0.5, 0.6) is 0 Å². The minimum atomic E-state index is 0.158. The third-order valence-electron chi connectivity index (χ3n) is 5.31. The number of hydrogen-bond donors (Lipinski definition) is 0. The average Bonchev–Trinajstić information content (AvgIpc) is 2.87. The molecular weight excluding hydrogens is 216 g/mol. The summed E-state index contributed by atoms with van der Waals surface area (Å²) in [5.74, 6) is 0. The topological polar surface area (TPSA) is 0 Å². The van der Waals surface area contributed by atoms with Crippen molar-refractivity contribution >= 4 is 0 Å². The normalized spacial score (nSPS) is 22.8. The van der Waals surface area contributed by atoms with Gasteiger partial charge in [-0.2, -0.15) is 0 Å². The quantitative estimate of drug-likeness (QED) is 0.592. The van der Waals surface area contributed by atoms with Crippen molar-refractivity contribution < 1.29 is 0 Å². The van der Waals surface area contributed by atoms with Gasteiger partial charge in [0.1, 0.15) is 0 Å². The minimum absolute atomic E-state index is 0.158. The van der Waals surface area contributed by atoms with Gasteiger partial charge in [0.15, 0.2) is 0 Å². The zero-order valence-electron chi connectivity index (χ0n) is 12.8. The molecule has 0 aliphatic heterocycles. The smallest absolute Gasteiger partial charge is 0.0347 e. The van der Waals surface area contributed by atoms with Crippen LogP contribution in [0, 0.1) is 5.41 Å². The van der Waals surface area contributed by atoms with Crippen LogP contribution in [-0.4, -0.2) is 0 Å². The van der Waals surface area contributed by atoms with Gasteiger partial charge in [0, 0.05) is 5.41 Å². The molecule has 0 fully saturated rings. The SMILES string of the molecule is CCCC1=C(C2(C)C(C)=C(C)C(C)=C2C)C=CC1. The highest BCUT2D eigenvalue weighted by molar-refractivity contribution is 5.59. The molecule has 0 spiro atoms. The second-order valence-electron chi connectivity index (χ2n) is 6.00. The lowest BCUT2D eigenvalue weighted by Gasteiger charge is -2.32. The maximum Gasteiger partial charge on any atom is 0.0347 e. The van der Waals surface area contributed by atoms with E-state index in [9.17, 15) is 0 Å². The van der Waals surface area contributed by atoms with Crippen LogP contribution in [0.15, 0.2) is 45.6 Å². The molecule has 0 atom stereocenters. The molecule has 0 radical (unpaired) electrons. The number of allylic oxidation sites excluding steroid dienone is 8. The summed E-state index contributed by atoms with van der Waals surface area (Å²) in [7, 11) is 0. The Morgan fingerprint density at radius 3 is 2.11 bits per heavy atom. The summed E-state index contributed by atoms with van der Waals surface area (Å²) >= 11 is 0. The highest BCUT2D eigenvalue weighted by Gasteiger charge is 2.40. The van der Waals surface area contributed by atoms with Crippen molar-refractivity contribution in [3.63, 3.8) is 0 Å². The first-order chi connectivity index (χ1) is 8.44. The molecule has 0 aromatic heterocycles. The van der Waals surface area contributed by atoms with E-state index in [0.29, 0.717) is 0 Å². The fourth-order valence-corrected chi connectivity index (χ4v) is 3.60. The van der Waals surface area contributed by atoms with Crippen molar-refractivity contribution in [3.05, 3.63) is 45.6 Å². The van der Waals surface area contributed by atoms with Crippen LogP contribution >= 0.6 is 0 Å². The minimum Gasteiger partial charge on any atom is -0.0801 e. The number of hydrogen-bond acceptors (Lipinski definition) is 0. The zero-order valence-corrected chi connectivity index (χ0v) is 12.8. The van der Waals surface area contributed by atoms with Crippen molar-refractivity contribution in [2.45, 2.75) is 60.8 Å². The van der Waals surface area contributed by atoms with Crippen molar-refractivity contribution in [1.82, 2.24) is 0 Å². The van der Waals surface area contributed by atoms with E-state index in [1.165, 1.54) is 24.0 Å². The van der Waals surface area contributed by atoms with Gasteiger partial charge in [-0.15, -0.1) is 0 Å². The zero-order chi connectivity index (χ0) is 13.5. The van der Waals surface area contributed by atoms with E-state index in [0.717, 1.165) is 6.42 Å². The summed E-state index contributed by atoms with van der Waals surface area (Å²) in [6.45, 7) is 13.9. The van der Waals surface area contributed by atoms with Gasteiger partial charge in [0.05, 0.1) is 0 Å². The summed E-state index contributed by atoms with van der Waals surface area (Å²) < 4.78 is 0. The van der Waals surface area contributed by atoms with Gasteiger partial charge in [0.2, 0.25) is 0 Å². The highest BCUT2D eigenvalue weighted by atomic mass is 14.4. The van der Waals surface area contributed by atoms with Crippen LogP contribution in [0.1, 0.15) is 60.8 Å². The lowest BCUT2D eigenvalue weighted by Crippen LogP contribution is -2.20. The Hall–Kier alpha value is -1.04. The Morgan fingerprint density at radius 1 is 1.06 bits per heavy atom. The van der Waals surface area contributed by atoms with Crippen molar-refractivity contribution in [2.24, 2.45) is 5.41 Å². The molecule has 0 heteroatoms. The van der Waals surface area contributed by atoms with Gasteiger partial charge in [0.25, 0.3) is 0 Å². The molecule has 0 aromatic rings. The Bertz CT molecular complexity index is 468. The third kappa shape index (κ3) is 1.66. The van der Waals surface area contributed by atoms with E-state index in [-0.39, 0.29) is 5.41 Å². The van der Waals surface area contributed by atoms with E-state index in [1.807, 2.05) is 0 Å². The molecule has 0 amide bonds. The first-order valence-corrected chi connectivity index (χ1v) is 7.19. The van der Waals surface area contributed by atoms with Crippen LogP contribution in [-0.2, 0) is 0 Å². The van der Waals surface area contributed by atoms with E-state index in [1.54, 1.807) is 22.3 Å². The molecule has 2 aliphatic carbocycles. The van der Waals surface area contributed by atoms with Gasteiger partial charge in [-0.05, 0) is 64.2 Å². The molecule has 98 valence electrons. The molecule has 0 bridgehead atoms. The molecule has 2 aliphatic rings. The van der Waals surface area contributed by atoms with Gasteiger partial charge in [-0.1, -0.05) is 42.2 Å². The maximum atomic E-state index is 2.42. The fraction of sp³-hybridized carbons (Fsp3) is 0.556. The predicted octanol–water partition coefficient (Wildman–Crippen LogP) is 5.74. The molecule has 0 unspecified atom stereocenters. The second kappa shape index (κ2) is 4.57. The van der Waals surface area contributed by atoms with E-state index in [4.69, 9.17) is 0 Å². The molecule has 0 saturated carbocycles. The molecule has 0 aromatic carbocycles. The summed E-state index contributed by atoms with van der Waals surface area (Å²) in [6.07, 6.45) is 8.38. The fourth-order valence-electron chi connectivity index (χ4n) is 3.60. The van der Waals surface area contributed by atoms with Crippen LogP contribution in [0.25, 0.3) is 0 Å². The largest absolute Gasteiger partial charge is 0.0801 e. The van der Waals surface area contributed by atoms with Crippen LogP contribution < -0.4 is 0 Å². The van der Waals surface area contributed by atoms with Crippen LogP contribution in [0.2, 0.25) is 0 Å². The Kier molecular flexibility index (Phi) is 3.40. The van der Waals surface area contributed by atoms with Crippen LogP contribution in [0.3, 0.4) is 0 Å². The molecule has 0 heterocycles. The van der Waals surface area contributed by atoms with E-state index in [2.05, 4.69) is 53.7 Å². The Balaban J connectivity index is 2.57. The van der Waals surface area contributed by atoms with Gasteiger partial charge >= 0.3 is 0 Å². The molecular formula is C18H26. The maximum absolute atomic E-state index is 2.42. The van der Waals surface area contributed by atoms with Gasteiger partial charge in [-0.25, -0.2) is 0 Å². The van der Waals surface area contributed by atoms with Gasteiger partial charge in [-0.3, -0.25) is 0 Å². The standard InChI is InChI=1S/C18H26/c1-7-9-16-10-8-11-17(16)18(6)14(4)12(2)13(3)15(18)5/h8,11H,7,9-10H2,1-6H3.